The first-order chi connectivity index (χ1) is 9.13. The molecule has 0 unspecified atom stereocenters. The summed E-state index contributed by atoms with van der Waals surface area (Å²) in [7, 11) is 0. The molecule has 0 N–H and O–H groups in total. The Bertz CT molecular complexity index is 438. The van der Waals surface area contributed by atoms with Crippen molar-refractivity contribution in [2.24, 2.45) is 0 Å². The van der Waals surface area contributed by atoms with Gasteiger partial charge in [-0.1, -0.05) is 30.3 Å². The molecule has 0 saturated heterocycles. The summed E-state index contributed by atoms with van der Waals surface area (Å²) in [5.41, 5.74) is 0.800. The maximum absolute atomic E-state index is 11.4. The van der Waals surface area contributed by atoms with E-state index in [1.165, 1.54) is 0 Å². The van der Waals surface area contributed by atoms with Crippen molar-refractivity contribution in [3.05, 3.63) is 35.9 Å². The Morgan fingerprint density at radius 1 is 1.00 bits per heavy atom. The van der Waals surface area contributed by atoms with Gasteiger partial charge in [0.25, 0.3) is 0 Å². The Morgan fingerprint density at radius 2 is 1.68 bits per heavy atom. The van der Waals surface area contributed by atoms with Gasteiger partial charge >= 0.3 is 11.9 Å². The first-order valence-electron chi connectivity index (χ1n) is 6.03. The molecule has 1 aromatic rings. The van der Waals surface area contributed by atoms with E-state index in [9.17, 15) is 14.4 Å². The van der Waals surface area contributed by atoms with Crippen LogP contribution in [0.25, 0.3) is 0 Å². The van der Waals surface area contributed by atoms with E-state index in [0.717, 1.165) is 5.56 Å². The van der Waals surface area contributed by atoms with Gasteiger partial charge in [0.1, 0.15) is 6.61 Å². The molecule has 0 heterocycles. The summed E-state index contributed by atoms with van der Waals surface area (Å²) in [6, 6.07) is 9.04. The Kier molecular flexibility index (Phi) is 6.29. The number of benzene rings is 1. The third-order valence-corrected chi connectivity index (χ3v) is 2.30. The normalized spacial score (nSPS) is 9.74. The van der Waals surface area contributed by atoms with Crippen LogP contribution in [0.2, 0.25) is 0 Å². The number of Topliss-reactive ketones (excluding diaryl/α,β-unsaturated/α-hetero) is 1. The first-order valence-corrected chi connectivity index (χ1v) is 6.03. The zero-order valence-corrected chi connectivity index (χ0v) is 10.8. The van der Waals surface area contributed by atoms with Crippen molar-refractivity contribution in [3.8, 4) is 0 Å². The molecule has 19 heavy (non-hydrogen) atoms. The second-order valence-corrected chi connectivity index (χ2v) is 3.79. The van der Waals surface area contributed by atoms with E-state index in [-0.39, 0.29) is 26.1 Å². The Hall–Kier alpha value is -2.17. The fourth-order valence-corrected chi connectivity index (χ4v) is 1.35. The van der Waals surface area contributed by atoms with Gasteiger partial charge in [0, 0.05) is 6.42 Å². The van der Waals surface area contributed by atoms with E-state index in [0.29, 0.717) is 0 Å². The van der Waals surface area contributed by atoms with Crippen LogP contribution in [0.3, 0.4) is 0 Å². The number of carbonyl (C=O) groups is 3. The van der Waals surface area contributed by atoms with Crippen molar-refractivity contribution in [2.45, 2.75) is 26.4 Å². The fraction of sp³-hybridized carbons (Fsp3) is 0.357. The largest absolute Gasteiger partial charge is 0.466 e. The smallest absolute Gasteiger partial charge is 0.374 e. The van der Waals surface area contributed by atoms with E-state index in [2.05, 4.69) is 4.74 Å². The van der Waals surface area contributed by atoms with Gasteiger partial charge in [-0.2, -0.15) is 0 Å². The Labute approximate surface area is 111 Å². The molecule has 102 valence electrons. The standard InChI is InChI=1S/C14H16O5/c1-2-18-13(16)9-8-12(15)14(17)19-10-11-6-4-3-5-7-11/h3-7H,2,8-10H2,1H3. The van der Waals surface area contributed by atoms with Crippen molar-refractivity contribution >= 4 is 17.7 Å². The summed E-state index contributed by atoms with van der Waals surface area (Å²) in [5.74, 6) is -2.14. The van der Waals surface area contributed by atoms with E-state index >= 15 is 0 Å². The molecule has 1 rings (SSSR count). The molecule has 0 aromatic heterocycles. The Morgan fingerprint density at radius 3 is 2.32 bits per heavy atom. The molecule has 1 aromatic carbocycles. The van der Waals surface area contributed by atoms with Crippen LogP contribution in [-0.2, 0) is 30.5 Å². The number of hydrogen-bond donors (Lipinski definition) is 0. The average molecular weight is 264 g/mol. The topological polar surface area (TPSA) is 69.7 Å². The van der Waals surface area contributed by atoms with Crippen molar-refractivity contribution < 1.29 is 23.9 Å². The quantitative estimate of drug-likeness (QED) is 0.553. The Balaban J connectivity index is 2.29. The van der Waals surface area contributed by atoms with Gasteiger partial charge < -0.3 is 9.47 Å². The molecule has 0 spiro atoms. The third-order valence-electron chi connectivity index (χ3n) is 2.30. The van der Waals surface area contributed by atoms with Crippen molar-refractivity contribution in [1.82, 2.24) is 0 Å². The highest BCUT2D eigenvalue weighted by Crippen LogP contribution is 2.02. The van der Waals surface area contributed by atoms with Crippen molar-refractivity contribution in [3.63, 3.8) is 0 Å². The summed E-state index contributed by atoms with van der Waals surface area (Å²) in [4.78, 5) is 33.8. The minimum Gasteiger partial charge on any atom is -0.466 e. The molecular weight excluding hydrogens is 248 g/mol. The number of carbonyl (C=O) groups excluding carboxylic acids is 3. The van der Waals surface area contributed by atoms with Gasteiger partial charge in [0.2, 0.25) is 5.78 Å². The van der Waals surface area contributed by atoms with Crippen molar-refractivity contribution in [1.29, 1.82) is 0 Å². The van der Waals surface area contributed by atoms with Crippen LogP contribution >= 0.6 is 0 Å². The van der Waals surface area contributed by atoms with Crippen LogP contribution in [0.1, 0.15) is 25.3 Å². The number of ether oxygens (including phenoxy) is 2. The molecule has 0 radical (unpaired) electrons. The summed E-state index contributed by atoms with van der Waals surface area (Å²) >= 11 is 0. The molecule has 0 aliphatic heterocycles. The maximum Gasteiger partial charge on any atom is 0.374 e. The molecule has 5 heteroatoms. The van der Waals surface area contributed by atoms with Crippen LogP contribution in [0.15, 0.2) is 30.3 Å². The molecule has 0 bridgehead atoms. The number of ketones is 1. The maximum atomic E-state index is 11.4. The minimum absolute atomic E-state index is 0.0464. The van der Waals surface area contributed by atoms with E-state index in [1.807, 2.05) is 18.2 Å². The summed E-state index contributed by atoms with van der Waals surface area (Å²) in [6.07, 6.45) is -0.292. The lowest BCUT2D eigenvalue weighted by molar-refractivity contribution is -0.155. The van der Waals surface area contributed by atoms with E-state index in [1.54, 1.807) is 19.1 Å². The predicted octanol–water partition coefficient (Wildman–Crippen LogP) is 1.64. The van der Waals surface area contributed by atoms with Gasteiger partial charge in [-0.05, 0) is 12.5 Å². The lowest BCUT2D eigenvalue weighted by atomic mass is 10.2. The van der Waals surface area contributed by atoms with Gasteiger partial charge in [0.15, 0.2) is 0 Å². The molecule has 0 aliphatic rings. The van der Waals surface area contributed by atoms with E-state index in [4.69, 9.17) is 4.74 Å². The van der Waals surface area contributed by atoms with Crippen LogP contribution in [0, 0.1) is 0 Å². The summed E-state index contributed by atoms with van der Waals surface area (Å²) in [6.45, 7) is 1.98. The zero-order valence-electron chi connectivity index (χ0n) is 10.8. The third kappa shape index (κ3) is 5.81. The fourth-order valence-electron chi connectivity index (χ4n) is 1.35. The number of rotatable bonds is 7. The van der Waals surface area contributed by atoms with Crippen LogP contribution in [0.5, 0.6) is 0 Å². The number of esters is 2. The predicted molar refractivity (Wildman–Crippen MR) is 67.1 cm³/mol. The first kappa shape index (κ1) is 14.9. The average Bonchev–Trinajstić information content (AvgIpc) is 2.43. The van der Waals surface area contributed by atoms with Gasteiger partial charge in [-0.15, -0.1) is 0 Å². The molecule has 5 nitrogen and oxygen atoms in total. The SMILES string of the molecule is CCOC(=O)CCC(=O)C(=O)OCc1ccccc1. The highest BCUT2D eigenvalue weighted by atomic mass is 16.5. The van der Waals surface area contributed by atoms with Crippen LogP contribution in [0.4, 0.5) is 0 Å². The van der Waals surface area contributed by atoms with Crippen LogP contribution < -0.4 is 0 Å². The molecule has 0 saturated carbocycles. The summed E-state index contributed by atoms with van der Waals surface area (Å²) in [5, 5.41) is 0. The molecule has 0 aliphatic carbocycles. The monoisotopic (exact) mass is 264 g/mol. The van der Waals surface area contributed by atoms with Gasteiger partial charge in [-0.3, -0.25) is 9.59 Å². The lowest BCUT2D eigenvalue weighted by Crippen LogP contribution is -2.18. The zero-order chi connectivity index (χ0) is 14.1. The number of hydrogen-bond acceptors (Lipinski definition) is 5. The second-order valence-electron chi connectivity index (χ2n) is 3.79. The lowest BCUT2D eigenvalue weighted by Gasteiger charge is -2.04. The highest BCUT2D eigenvalue weighted by molar-refractivity contribution is 6.33. The minimum atomic E-state index is -0.923. The summed E-state index contributed by atoms with van der Waals surface area (Å²) < 4.78 is 9.50. The van der Waals surface area contributed by atoms with Crippen LogP contribution in [-0.4, -0.2) is 24.3 Å². The molecule has 0 fully saturated rings. The van der Waals surface area contributed by atoms with Crippen molar-refractivity contribution in [2.75, 3.05) is 6.61 Å². The molecule has 0 atom stereocenters. The molecule has 0 amide bonds. The van der Waals surface area contributed by atoms with Gasteiger partial charge in [-0.25, -0.2) is 4.79 Å². The van der Waals surface area contributed by atoms with E-state index < -0.39 is 17.7 Å². The van der Waals surface area contributed by atoms with Gasteiger partial charge in [0.05, 0.1) is 13.0 Å². The molecular formula is C14H16O5. The highest BCUT2D eigenvalue weighted by Gasteiger charge is 2.17. The second kappa shape index (κ2) is 8.02.